The van der Waals surface area contributed by atoms with Crippen LogP contribution in [0.4, 0.5) is 5.69 Å². The fourth-order valence-corrected chi connectivity index (χ4v) is 3.96. The van der Waals surface area contributed by atoms with Gasteiger partial charge in [0.25, 0.3) is 0 Å². The zero-order valence-electron chi connectivity index (χ0n) is 16.1. The SMILES string of the molecule is CCCN(c1ccnc2cc(I)ccc12)C(C)CCCN(CC)CC. The Bertz CT molecular complexity index is 655. The number of aromatic nitrogens is 1. The predicted octanol–water partition coefficient (Wildman–Crippen LogP) is 5.57. The van der Waals surface area contributed by atoms with Crippen LogP contribution in [0, 0.1) is 3.57 Å². The van der Waals surface area contributed by atoms with E-state index >= 15 is 0 Å². The standard InChI is InChI=1S/C21H32IN3/c1-5-14-25(17(4)9-8-15-24(6-2)7-3)21-12-13-23-20-16-18(22)10-11-19(20)21/h10-13,16-17H,5-9,14-15H2,1-4H3. The number of halogens is 1. The van der Waals surface area contributed by atoms with E-state index in [1.54, 1.807) is 0 Å². The molecule has 0 saturated heterocycles. The second kappa shape index (κ2) is 10.3. The lowest BCUT2D eigenvalue weighted by atomic mass is 10.1. The molecule has 0 saturated carbocycles. The van der Waals surface area contributed by atoms with Gasteiger partial charge < -0.3 is 9.80 Å². The number of hydrogen-bond donors (Lipinski definition) is 0. The summed E-state index contributed by atoms with van der Waals surface area (Å²) in [6.07, 6.45) is 5.60. The maximum absolute atomic E-state index is 4.57. The topological polar surface area (TPSA) is 19.4 Å². The summed E-state index contributed by atoms with van der Waals surface area (Å²) in [7, 11) is 0. The lowest BCUT2D eigenvalue weighted by molar-refractivity contribution is 0.293. The Hall–Kier alpha value is -0.880. The molecule has 1 heterocycles. The zero-order valence-corrected chi connectivity index (χ0v) is 18.3. The van der Waals surface area contributed by atoms with Gasteiger partial charge >= 0.3 is 0 Å². The minimum atomic E-state index is 0.542. The van der Waals surface area contributed by atoms with Crippen molar-refractivity contribution in [2.75, 3.05) is 31.1 Å². The van der Waals surface area contributed by atoms with E-state index in [9.17, 15) is 0 Å². The van der Waals surface area contributed by atoms with E-state index in [0.717, 1.165) is 31.6 Å². The monoisotopic (exact) mass is 453 g/mol. The maximum Gasteiger partial charge on any atom is 0.0733 e. The molecule has 0 amide bonds. The third-order valence-electron chi connectivity index (χ3n) is 4.98. The molecule has 0 spiro atoms. The van der Waals surface area contributed by atoms with Crippen LogP contribution in [0.15, 0.2) is 30.5 Å². The molecule has 3 nitrogen and oxygen atoms in total. The van der Waals surface area contributed by atoms with Crippen molar-refractivity contribution in [3.8, 4) is 0 Å². The van der Waals surface area contributed by atoms with Gasteiger partial charge in [-0.3, -0.25) is 4.98 Å². The summed E-state index contributed by atoms with van der Waals surface area (Å²) in [5, 5.41) is 1.27. The van der Waals surface area contributed by atoms with Crippen molar-refractivity contribution in [3.63, 3.8) is 0 Å². The van der Waals surface area contributed by atoms with Gasteiger partial charge in [-0.1, -0.05) is 20.8 Å². The van der Waals surface area contributed by atoms with Crippen LogP contribution >= 0.6 is 22.6 Å². The van der Waals surface area contributed by atoms with E-state index in [-0.39, 0.29) is 0 Å². The Labute approximate surface area is 166 Å². The maximum atomic E-state index is 4.57. The molecule has 1 unspecified atom stereocenters. The van der Waals surface area contributed by atoms with Crippen LogP contribution in [0.3, 0.4) is 0 Å². The number of anilines is 1. The van der Waals surface area contributed by atoms with E-state index in [1.165, 1.54) is 34.0 Å². The van der Waals surface area contributed by atoms with Crippen molar-refractivity contribution in [2.24, 2.45) is 0 Å². The summed E-state index contributed by atoms with van der Waals surface area (Å²) in [6, 6.07) is 9.31. The molecule has 0 aliphatic heterocycles. The Balaban J connectivity index is 2.17. The fourth-order valence-electron chi connectivity index (χ4n) is 3.48. The number of rotatable bonds is 10. The second-order valence-electron chi connectivity index (χ2n) is 6.70. The van der Waals surface area contributed by atoms with Gasteiger partial charge in [-0.25, -0.2) is 0 Å². The molecule has 25 heavy (non-hydrogen) atoms. The summed E-state index contributed by atoms with van der Waals surface area (Å²) in [5.74, 6) is 0. The quantitative estimate of drug-likeness (QED) is 0.439. The van der Waals surface area contributed by atoms with E-state index in [4.69, 9.17) is 0 Å². The van der Waals surface area contributed by atoms with Crippen LogP contribution < -0.4 is 4.90 Å². The molecule has 0 fully saturated rings. The van der Waals surface area contributed by atoms with Crippen LogP contribution in [0.2, 0.25) is 0 Å². The predicted molar refractivity (Wildman–Crippen MR) is 119 cm³/mol. The third-order valence-corrected chi connectivity index (χ3v) is 5.65. The lowest BCUT2D eigenvalue weighted by Crippen LogP contribution is -2.35. The molecule has 4 heteroatoms. The Morgan fingerprint density at radius 3 is 2.52 bits per heavy atom. The lowest BCUT2D eigenvalue weighted by Gasteiger charge is -2.32. The van der Waals surface area contributed by atoms with E-state index < -0.39 is 0 Å². The molecule has 2 aromatic rings. The van der Waals surface area contributed by atoms with Crippen LogP contribution in [-0.4, -0.2) is 42.1 Å². The van der Waals surface area contributed by atoms with Gasteiger partial charge in [0.2, 0.25) is 0 Å². The van der Waals surface area contributed by atoms with Gasteiger partial charge in [-0.2, -0.15) is 0 Å². The van der Waals surface area contributed by atoms with Crippen molar-refractivity contribution >= 4 is 39.2 Å². The highest BCUT2D eigenvalue weighted by atomic mass is 127. The van der Waals surface area contributed by atoms with Crippen molar-refractivity contribution in [2.45, 2.75) is 53.0 Å². The first-order valence-corrected chi connectivity index (χ1v) is 10.7. The van der Waals surface area contributed by atoms with E-state index in [0.29, 0.717) is 6.04 Å². The van der Waals surface area contributed by atoms with E-state index in [1.807, 2.05) is 6.20 Å². The highest BCUT2D eigenvalue weighted by molar-refractivity contribution is 14.1. The molecule has 0 aliphatic carbocycles. The Morgan fingerprint density at radius 1 is 1.08 bits per heavy atom. The molecule has 1 aromatic heterocycles. The molecule has 0 radical (unpaired) electrons. The molecule has 0 aliphatic rings. The molecule has 1 atom stereocenters. The summed E-state index contributed by atoms with van der Waals surface area (Å²) in [4.78, 5) is 9.67. The summed E-state index contributed by atoms with van der Waals surface area (Å²) >= 11 is 2.36. The van der Waals surface area contributed by atoms with Crippen molar-refractivity contribution in [1.29, 1.82) is 0 Å². The molecular weight excluding hydrogens is 421 g/mol. The van der Waals surface area contributed by atoms with Crippen molar-refractivity contribution in [1.82, 2.24) is 9.88 Å². The number of fused-ring (bicyclic) bond motifs is 1. The fraction of sp³-hybridized carbons (Fsp3) is 0.571. The minimum Gasteiger partial charge on any atom is -0.368 e. The van der Waals surface area contributed by atoms with Crippen molar-refractivity contribution < 1.29 is 0 Å². The zero-order chi connectivity index (χ0) is 18.2. The smallest absolute Gasteiger partial charge is 0.0733 e. The second-order valence-corrected chi connectivity index (χ2v) is 7.95. The molecule has 2 rings (SSSR count). The largest absolute Gasteiger partial charge is 0.368 e. The first-order chi connectivity index (χ1) is 12.1. The minimum absolute atomic E-state index is 0.542. The number of nitrogens with zero attached hydrogens (tertiary/aromatic N) is 3. The Morgan fingerprint density at radius 2 is 1.84 bits per heavy atom. The number of pyridine rings is 1. The molecule has 0 bridgehead atoms. The molecule has 0 N–H and O–H groups in total. The van der Waals surface area contributed by atoms with E-state index in [2.05, 4.69) is 89.3 Å². The third kappa shape index (κ3) is 5.55. The van der Waals surface area contributed by atoms with Gasteiger partial charge in [0.05, 0.1) is 5.52 Å². The van der Waals surface area contributed by atoms with Crippen molar-refractivity contribution in [3.05, 3.63) is 34.0 Å². The van der Waals surface area contributed by atoms with Crippen LogP contribution in [0.1, 0.15) is 47.0 Å². The van der Waals surface area contributed by atoms with Gasteiger partial charge in [-0.15, -0.1) is 0 Å². The van der Waals surface area contributed by atoms with Crippen LogP contribution in [0.5, 0.6) is 0 Å². The van der Waals surface area contributed by atoms with Gasteiger partial charge in [-0.05, 0) is 92.7 Å². The van der Waals surface area contributed by atoms with Crippen LogP contribution in [-0.2, 0) is 0 Å². The molecular formula is C21H32IN3. The first-order valence-electron chi connectivity index (χ1n) is 9.63. The number of hydrogen-bond acceptors (Lipinski definition) is 3. The highest BCUT2D eigenvalue weighted by Crippen LogP contribution is 2.29. The number of benzene rings is 1. The Kier molecular flexibility index (Phi) is 8.43. The molecule has 1 aromatic carbocycles. The average molecular weight is 453 g/mol. The van der Waals surface area contributed by atoms with Crippen LogP contribution in [0.25, 0.3) is 10.9 Å². The summed E-state index contributed by atoms with van der Waals surface area (Å²) in [6.45, 7) is 13.7. The van der Waals surface area contributed by atoms with Gasteiger partial charge in [0, 0.05) is 33.4 Å². The van der Waals surface area contributed by atoms with Gasteiger partial charge in [0.1, 0.15) is 0 Å². The highest BCUT2D eigenvalue weighted by Gasteiger charge is 2.16. The summed E-state index contributed by atoms with van der Waals surface area (Å²) < 4.78 is 1.24. The average Bonchev–Trinajstić information content (AvgIpc) is 2.62. The van der Waals surface area contributed by atoms with Gasteiger partial charge in [0.15, 0.2) is 0 Å². The first kappa shape index (κ1) is 20.4. The normalized spacial score (nSPS) is 12.7. The molecule has 138 valence electrons. The summed E-state index contributed by atoms with van der Waals surface area (Å²) in [5.41, 5.74) is 2.43.